The topological polar surface area (TPSA) is 245 Å². The Morgan fingerprint density at radius 1 is 0.667 bits per heavy atom. The van der Waals surface area contributed by atoms with Gasteiger partial charge >= 0.3 is 0 Å². The Bertz CT molecular complexity index is 1520. The fourth-order valence-corrected chi connectivity index (χ4v) is 4.41. The second-order valence-electron chi connectivity index (χ2n) is 10.2. The monoisotopic (exact) mass is 616 g/mol. The van der Waals surface area contributed by atoms with Crippen molar-refractivity contribution in [2.75, 3.05) is 25.0 Å². The molecular weight excluding hydrogens is 576 g/mol. The van der Waals surface area contributed by atoms with Crippen LogP contribution in [0, 0.1) is 0 Å². The molecule has 3 rings (SSSR count). The second kappa shape index (κ2) is 17.5. The van der Waals surface area contributed by atoms with Crippen LogP contribution in [0.15, 0.2) is 82.8 Å². The Balaban J connectivity index is 1.71. The fourth-order valence-electron chi connectivity index (χ4n) is 4.41. The van der Waals surface area contributed by atoms with Crippen LogP contribution in [0.2, 0.25) is 0 Å². The number of benzene rings is 3. The molecule has 4 amide bonds. The van der Waals surface area contributed by atoms with Crippen molar-refractivity contribution < 1.29 is 19.2 Å². The first-order valence-electron chi connectivity index (χ1n) is 14.5. The number of nitrogens with zero attached hydrogens (tertiary/aromatic N) is 2. The number of fused-ring (bicyclic) bond motifs is 1. The van der Waals surface area contributed by atoms with E-state index in [1.807, 2.05) is 36.4 Å². The van der Waals surface area contributed by atoms with Gasteiger partial charge in [-0.1, -0.05) is 48.5 Å². The molecule has 0 radical (unpaired) electrons. The summed E-state index contributed by atoms with van der Waals surface area (Å²) < 4.78 is 0. The van der Waals surface area contributed by atoms with Gasteiger partial charge in [0.1, 0.15) is 12.1 Å². The Morgan fingerprint density at radius 3 is 1.87 bits per heavy atom. The second-order valence-corrected chi connectivity index (χ2v) is 10.2. The smallest absolute Gasteiger partial charge is 0.251 e. The normalized spacial score (nSPS) is 11.8. The Kier molecular flexibility index (Phi) is 13.1. The number of aliphatic imine (C=N–C) groups is 2. The Labute approximate surface area is 261 Å². The van der Waals surface area contributed by atoms with Gasteiger partial charge in [0.2, 0.25) is 17.7 Å². The summed E-state index contributed by atoms with van der Waals surface area (Å²) in [6.45, 7) is 0.102. The highest BCUT2D eigenvalue weighted by molar-refractivity contribution is 6.00. The van der Waals surface area contributed by atoms with Gasteiger partial charge in [0.15, 0.2) is 11.9 Å². The first-order valence-corrected chi connectivity index (χ1v) is 14.5. The van der Waals surface area contributed by atoms with Crippen LogP contribution in [0.3, 0.4) is 0 Å². The Hall–Kier alpha value is -5.66. The van der Waals surface area contributed by atoms with Crippen LogP contribution in [-0.2, 0) is 14.4 Å². The standard InChI is InChI=1S/C31H40N10O4/c32-30(33)36-16-6-12-24(40-26(42)19-38-27(43)21-9-2-1-3-10-21)29(45)41-25(13-7-17-37-31(34)35)28(44)39-23-15-14-20-8-4-5-11-22(20)18-23/h1-5,8-11,14-15,18,24-25H,6-7,12-13,16-17,19H2,(H,38,43)(H,39,44)(H,40,42)(H,41,45)(H4,32,33,36)(H4,34,35,37)/t24-,25-/m0/s1. The van der Waals surface area contributed by atoms with Crippen molar-refractivity contribution in [1.29, 1.82) is 0 Å². The molecule has 0 bridgehead atoms. The molecule has 3 aromatic rings. The lowest BCUT2D eigenvalue weighted by Gasteiger charge is -2.23. The molecule has 14 heteroatoms. The average Bonchev–Trinajstić information content (AvgIpc) is 3.02. The van der Waals surface area contributed by atoms with Gasteiger partial charge in [-0.3, -0.25) is 29.2 Å². The summed E-state index contributed by atoms with van der Waals surface area (Å²) in [5.74, 6) is -2.27. The summed E-state index contributed by atoms with van der Waals surface area (Å²) in [7, 11) is 0. The quantitative estimate of drug-likeness (QED) is 0.0629. The molecule has 2 atom stereocenters. The number of amides is 4. The SMILES string of the molecule is NC(N)=NCCC[C@H](NC(=O)CNC(=O)c1ccccc1)C(=O)N[C@@H](CCCN=C(N)N)C(=O)Nc1ccc2ccccc2c1. The zero-order valence-corrected chi connectivity index (χ0v) is 24.9. The lowest BCUT2D eigenvalue weighted by molar-refractivity contribution is -0.131. The molecule has 14 nitrogen and oxygen atoms in total. The van der Waals surface area contributed by atoms with Gasteiger partial charge in [-0.05, 0) is 60.7 Å². The van der Waals surface area contributed by atoms with Crippen molar-refractivity contribution in [3.63, 3.8) is 0 Å². The van der Waals surface area contributed by atoms with Crippen molar-refractivity contribution in [3.05, 3.63) is 78.4 Å². The number of rotatable bonds is 16. The maximum absolute atomic E-state index is 13.5. The summed E-state index contributed by atoms with van der Waals surface area (Å²) in [6, 6.07) is 19.6. The highest BCUT2D eigenvalue weighted by Gasteiger charge is 2.27. The van der Waals surface area contributed by atoms with E-state index >= 15 is 0 Å². The fraction of sp³-hybridized carbons (Fsp3) is 0.290. The van der Waals surface area contributed by atoms with Crippen LogP contribution in [-0.4, -0.2) is 67.3 Å². The predicted molar refractivity (Wildman–Crippen MR) is 175 cm³/mol. The zero-order chi connectivity index (χ0) is 32.6. The number of hydrogen-bond donors (Lipinski definition) is 8. The third-order valence-electron chi connectivity index (χ3n) is 6.64. The molecule has 0 unspecified atom stereocenters. The minimum atomic E-state index is -1.05. The maximum atomic E-state index is 13.5. The van der Waals surface area contributed by atoms with Crippen molar-refractivity contribution in [2.24, 2.45) is 32.9 Å². The van der Waals surface area contributed by atoms with E-state index in [0.717, 1.165) is 10.8 Å². The van der Waals surface area contributed by atoms with Gasteiger partial charge in [0.25, 0.3) is 5.91 Å². The Morgan fingerprint density at radius 2 is 1.24 bits per heavy atom. The number of hydrogen-bond acceptors (Lipinski definition) is 6. The molecule has 12 N–H and O–H groups in total. The number of nitrogens with one attached hydrogen (secondary N) is 4. The lowest BCUT2D eigenvalue weighted by atomic mass is 10.1. The van der Waals surface area contributed by atoms with Crippen LogP contribution < -0.4 is 44.2 Å². The first-order chi connectivity index (χ1) is 21.6. The summed E-state index contributed by atoms with van der Waals surface area (Å²) >= 11 is 0. The average molecular weight is 617 g/mol. The van der Waals surface area contributed by atoms with Gasteiger partial charge in [-0.2, -0.15) is 0 Å². The summed E-state index contributed by atoms with van der Waals surface area (Å²) in [5, 5.41) is 12.7. The molecule has 0 saturated carbocycles. The van der Waals surface area contributed by atoms with Crippen LogP contribution in [0.25, 0.3) is 10.8 Å². The van der Waals surface area contributed by atoms with E-state index < -0.39 is 35.7 Å². The number of carbonyl (C=O) groups is 4. The van der Waals surface area contributed by atoms with E-state index in [9.17, 15) is 19.2 Å². The van der Waals surface area contributed by atoms with Crippen molar-refractivity contribution in [3.8, 4) is 0 Å². The van der Waals surface area contributed by atoms with Crippen LogP contribution in [0.4, 0.5) is 5.69 Å². The van der Waals surface area contributed by atoms with Crippen LogP contribution in [0.1, 0.15) is 36.0 Å². The van der Waals surface area contributed by atoms with Crippen LogP contribution >= 0.6 is 0 Å². The van der Waals surface area contributed by atoms with Crippen molar-refractivity contribution in [1.82, 2.24) is 16.0 Å². The number of nitrogens with two attached hydrogens (primary N) is 4. The van der Waals surface area contributed by atoms with Crippen LogP contribution in [0.5, 0.6) is 0 Å². The van der Waals surface area contributed by atoms with Gasteiger partial charge < -0.3 is 44.2 Å². The highest BCUT2D eigenvalue weighted by atomic mass is 16.2. The summed E-state index contributed by atoms with van der Waals surface area (Å²) in [4.78, 5) is 60.0. The minimum Gasteiger partial charge on any atom is -0.370 e. The predicted octanol–water partition coefficient (Wildman–Crippen LogP) is 0.285. The maximum Gasteiger partial charge on any atom is 0.251 e. The molecule has 0 fully saturated rings. The van der Waals surface area contributed by atoms with E-state index in [1.54, 1.807) is 36.4 Å². The summed E-state index contributed by atoms with van der Waals surface area (Å²) in [5.41, 5.74) is 22.6. The molecule has 238 valence electrons. The van der Waals surface area contributed by atoms with Crippen molar-refractivity contribution >= 4 is 52.0 Å². The molecule has 0 aliphatic rings. The zero-order valence-electron chi connectivity index (χ0n) is 24.9. The number of guanidine groups is 2. The van der Waals surface area contributed by atoms with E-state index in [4.69, 9.17) is 22.9 Å². The first kappa shape index (κ1) is 33.8. The summed E-state index contributed by atoms with van der Waals surface area (Å²) in [6.07, 6.45) is 1.11. The van der Waals surface area contributed by atoms with E-state index in [-0.39, 0.29) is 44.4 Å². The van der Waals surface area contributed by atoms with Gasteiger partial charge in [-0.25, -0.2) is 0 Å². The van der Waals surface area contributed by atoms with E-state index in [0.29, 0.717) is 24.1 Å². The minimum absolute atomic E-state index is 0.0842. The molecule has 0 aliphatic heterocycles. The third-order valence-corrected chi connectivity index (χ3v) is 6.64. The molecule has 0 aliphatic carbocycles. The molecule has 0 aromatic heterocycles. The highest BCUT2D eigenvalue weighted by Crippen LogP contribution is 2.19. The van der Waals surface area contributed by atoms with Gasteiger partial charge in [0.05, 0.1) is 6.54 Å². The van der Waals surface area contributed by atoms with Gasteiger partial charge in [-0.15, -0.1) is 0 Å². The van der Waals surface area contributed by atoms with Gasteiger partial charge in [0, 0.05) is 24.3 Å². The number of anilines is 1. The largest absolute Gasteiger partial charge is 0.370 e. The number of carbonyl (C=O) groups excluding carboxylic acids is 4. The molecule has 3 aromatic carbocycles. The molecule has 0 saturated heterocycles. The molecular formula is C31H40N10O4. The van der Waals surface area contributed by atoms with E-state index in [2.05, 4.69) is 31.3 Å². The van der Waals surface area contributed by atoms with E-state index in [1.165, 1.54) is 0 Å². The molecule has 0 spiro atoms. The lowest BCUT2D eigenvalue weighted by Crippen LogP contribution is -2.54. The molecule has 45 heavy (non-hydrogen) atoms. The molecule has 0 heterocycles. The van der Waals surface area contributed by atoms with Crippen molar-refractivity contribution in [2.45, 2.75) is 37.8 Å². The third kappa shape index (κ3) is 11.9.